The number of hydrogen-bond acceptors (Lipinski definition) is 2. The molecule has 0 radical (unpaired) electrons. The molecule has 3 heteroatoms. The molecule has 0 saturated heterocycles. The van der Waals surface area contributed by atoms with E-state index in [2.05, 4.69) is 30.3 Å². The highest BCUT2D eigenvalue weighted by atomic mass is 16.3. The maximum absolute atomic E-state index is 10.2. The van der Waals surface area contributed by atoms with Crippen LogP contribution in [0.4, 0.5) is 0 Å². The minimum Gasteiger partial charge on any atom is -0.387 e. The molecular formula is C13H22N2O. The van der Waals surface area contributed by atoms with Crippen LogP contribution in [0.15, 0.2) is 12.5 Å². The van der Waals surface area contributed by atoms with Crippen molar-refractivity contribution in [2.45, 2.75) is 58.6 Å². The van der Waals surface area contributed by atoms with E-state index in [0.29, 0.717) is 6.04 Å². The second kappa shape index (κ2) is 4.21. The number of rotatable bonds is 4. The Hall–Kier alpha value is -0.830. The summed E-state index contributed by atoms with van der Waals surface area (Å²) >= 11 is 0. The highest BCUT2D eigenvalue weighted by Crippen LogP contribution is 2.38. The summed E-state index contributed by atoms with van der Waals surface area (Å²) in [5.41, 5.74) is 1.28. The van der Waals surface area contributed by atoms with Crippen LogP contribution in [0, 0.1) is 5.41 Å². The van der Waals surface area contributed by atoms with Crippen molar-refractivity contribution in [3.8, 4) is 0 Å². The molecule has 1 fully saturated rings. The molecule has 1 saturated carbocycles. The standard InChI is InChI=1S/C13H22N2O/c1-13(2,3)7-6-12(16)11-8-14-9-15(11)10-4-5-10/h8-10,12,16H,4-7H2,1-3H3. The molecule has 1 aliphatic rings. The van der Waals surface area contributed by atoms with Crippen molar-refractivity contribution in [3.63, 3.8) is 0 Å². The van der Waals surface area contributed by atoms with Crippen LogP contribution in [0.25, 0.3) is 0 Å². The molecule has 3 nitrogen and oxygen atoms in total. The van der Waals surface area contributed by atoms with Crippen molar-refractivity contribution >= 4 is 0 Å². The van der Waals surface area contributed by atoms with E-state index in [4.69, 9.17) is 0 Å². The maximum Gasteiger partial charge on any atom is 0.0956 e. The molecule has 0 aliphatic heterocycles. The lowest BCUT2D eigenvalue weighted by atomic mass is 9.89. The second-order valence-electron chi connectivity index (χ2n) is 6.07. The fourth-order valence-corrected chi connectivity index (χ4v) is 1.95. The minimum absolute atomic E-state index is 0.283. The Morgan fingerprint density at radius 2 is 2.19 bits per heavy atom. The quantitative estimate of drug-likeness (QED) is 0.850. The first-order valence-electron chi connectivity index (χ1n) is 6.17. The van der Waals surface area contributed by atoms with Gasteiger partial charge in [0.25, 0.3) is 0 Å². The van der Waals surface area contributed by atoms with Crippen molar-refractivity contribution in [1.82, 2.24) is 9.55 Å². The number of aliphatic hydroxyl groups is 1. The third-order valence-electron chi connectivity index (χ3n) is 3.15. The van der Waals surface area contributed by atoms with Gasteiger partial charge in [-0.1, -0.05) is 20.8 Å². The first kappa shape index (κ1) is 11.6. The van der Waals surface area contributed by atoms with Crippen LogP contribution >= 0.6 is 0 Å². The van der Waals surface area contributed by atoms with Crippen molar-refractivity contribution in [2.24, 2.45) is 5.41 Å². The van der Waals surface area contributed by atoms with E-state index in [1.807, 2.05) is 12.5 Å². The Balaban J connectivity index is 1.97. The molecule has 0 bridgehead atoms. The average molecular weight is 222 g/mol. The molecule has 0 aromatic carbocycles. The molecule has 1 unspecified atom stereocenters. The second-order valence-corrected chi connectivity index (χ2v) is 6.07. The molecule has 1 N–H and O–H groups in total. The first-order chi connectivity index (χ1) is 7.47. The molecule has 0 amide bonds. The van der Waals surface area contributed by atoms with Gasteiger partial charge in [-0.2, -0.15) is 0 Å². The van der Waals surface area contributed by atoms with Crippen molar-refractivity contribution in [3.05, 3.63) is 18.2 Å². The van der Waals surface area contributed by atoms with Gasteiger partial charge in [-0.25, -0.2) is 4.98 Å². The lowest BCUT2D eigenvalue weighted by molar-refractivity contribution is 0.139. The number of hydrogen-bond donors (Lipinski definition) is 1. The van der Waals surface area contributed by atoms with Gasteiger partial charge >= 0.3 is 0 Å². The lowest BCUT2D eigenvalue weighted by Crippen LogP contribution is -2.11. The van der Waals surface area contributed by atoms with E-state index in [1.165, 1.54) is 12.8 Å². The predicted octanol–water partition coefficient (Wildman–Crippen LogP) is 3.08. The van der Waals surface area contributed by atoms with Gasteiger partial charge in [0.05, 0.1) is 24.3 Å². The van der Waals surface area contributed by atoms with E-state index < -0.39 is 0 Å². The van der Waals surface area contributed by atoms with E-state index >= 15 is 0 Å². The van der Waals surface area contributed by atoms with Gasteiger partial charge in [-0.15, -0.1) is 0 Å². The number of aliphatic hydroxyl groups excluding tert-OH is 1. The van der Waals surface area contributed by atoms with Crippen LogP contribution in [0.1, 0.15) is 64.3 Å². The van der Waals surface area contributed by atoms with Gasteiger partial charge in [0, 0.05) is 6.04 Å². The molecule has 16 heavy (non-hydrogen) atoms. The number of imidazole rings is 1. The van der Waals surface area contributed by atoms with E-state index in [9.17, 15) is 5.11 Å². The summed E-state index contributed by atoms with van der Waals surface area (Å²) in [5.74, 6) is 0. The Bertz CT molecular complexity index is 347. The Morgan fingerprint density at radius 1 is 1.50 bits per heavy atom. The highest BCUT2D eigenvalue weighted by molar-refractivity contribution is 5.06. The summed E-state index contributed by atoms with van der Waals surface area (Å²) in [6, 6.07) is 0.599. The normalized spacial score (nSPS) is 18.8. The summed E-state index contributed by atoms with van der Waals surface area (Å²) < 4.78 is 2.15. The van der Waals surface area contributed by atoms with Gasteiger partial charge < -0.3 is 9.67 Å². The summed E-state index contributed by atoms with van der Waals surface area (Å²) in [4.78, 5) is 4.15. The smallest absolute Gasteiger partial charge is 0.0956 e. The fourth-order valence-electron chi connectivity index (χ4n) is 1.95. The molecule has 1 atom stereocenters. The third kappa shape index (κ3) is 2.85. The van der Waals surface area contributed by atoms with E-state index in [0.717, 1.165) is 18.5 Å². The Morgan fingerprint density at radius 3 is 2.75 bits per heavy atom. The molecule has 1 heterocycles. The molecule has 1 aromatic heterocycles. The predicted molar refractivity (Wildman–Crippen MR) is 64.1 cm³/mol. The third-order valence-corrected chi connectivity index (χ3v) is 3.15. The van der Waals surface area contributed by atoms with Gasteiger partial charge in [0.1, 0.15) is 0 Å². The zero-order chi connectivity index (χ0) is 11.8. The molecular weight excluding hydrogens is 200 g/mol. The van der Waals surface area contributed by atoms with Crippen LogP contribution in [0.2, 0.25) is 0 Å². The SMILES string of the molecule is CC(C)(C)CCC(O)c1cncn1C1CC1. The number of aromatic nitrogens is 2. The van der Waals surface area contributed by atoms with Gasteiger partial charge in [-0.3, -0.25) is 0 Å². The molecule has 1 aromatic rings. The van der Waals surface area contributed by atoms with Crippen LogP contribution in [0.3, 0.4) is 0 Å². The van der Waals surface area contributed by atoms with Crippen LogP contribution in [0.5, 0.6) is 0 Å². The van der Waals surface area contributed by atoms with Gasteiger partial charge in [0.2, 0.25) is 0 Å². The maximum atomic E-state index is 10.2. The minimum atomic E-state index is -0.359. The summed E-state index contributed by atoms with van der Waals surface area (Å²) in [5, 5.41) is 10.2. The van der Waals surface area contributed by atoms with E-state index in [-0.39, 0.29) is 11.5 Å². The molecule has 2 rings (SSSR count). The molecule has 1 aliphatic carbocycles. The van der Waals surface area contributed by atoms with Crippen LogP contribution in [-0.2, 0) is 0 Å². The van der Waals surface area contributed by atoms with Gasteiger partial charge in [-0.05, 0) is 31.1 Å². The van der Waals surface area contributed by atoms with Crippen molar-refractivity contribution in [2.75, 3.05) is 0 Å². The van der Waals surface area contributed by atoms with Crippen LogP contribution in [-0.4, -0.2) is 14.7 Å². The van der Waals surface area contributed by atoms with Crippen LogP contribution < -0.4 is 0 Å². The van der Waals surface area contributed by atoms with E-state index in [1.54, 1.807) is 0 Å². The average Bonchev–Trinajstić information content (AvgIpc) is 2.92. The zero-order valence-corrected chi connectivity index (χ0v) is 10.5. The zero-order valence-electron chi connectivity index (χ0n) is 10.5. The first-order valence-corrected chi connectivity index (χ1v) is 6.17. The summed E-state index contributed by atoms with van der Waals surface area (Å²) in [6.07, 6.45) is 7.62. The topological polar surface area (TPSA) is 38.1 Å². The molecule has 90 valence electrons. The lowest BCUT2D eigenvalue weighted by Gasteiger charge is -2.20. The summed E-state index contributed by atoms with van der Waals surface area (Å²) in [7, 11) is 0. The highest BCUT2D eigenvalue weighted by Gasteiger charge is 2.27. The number of nitrogens with zero attached hydrogens (tertiary/aromatic N) is 2. The Labute approximate surface area is 97.5 Å². The summed E-state index contributed by atoms with van der Waals surface area (Å²) in [6.45, 7) is 6.62. The van der Waals surface area contributed by atoms with Gasteiger partial charge in [0.15, 0.2) is 0 Å². The molecule has 0 spiro atoms. The largest absolute Gasteiger partial charge is 0.387 e. The fraction of sp³-hybridized carbons (Fsp3) is 0.769. The monoisotopic (exact) mass is 222 g/mol. The van der Waals surface area contributed by atoms with Crippen molar-refractivity contribution < 1.29 is 5.11 Å². The Kier molecular flexibility index (Phi) is 3.06. The van der Waals surface area contributed by atoms with Crippen molar-refractivity contribution in [1.29, 1.82) is 0 Å².